The maximum Gasteiger partial charge on any atom is 0.194 e. The van der Waals surface area contributed by atoms with Crippen molar-refractivity contribution in [3.8, 4) is 0 Å². The number of guanidine groups is 1. The van der Waals surface area contributed by atoms with Crippen LogP contribution in [-0.4, -0.2) is 52.9 Å². The van der Waals surface area contributed by atoms with Crippen LogP contribution in [0.2, 0.25) is 0 Å². The molecule has 0 aromatic carbocycles. The molecule has 1 aliphatic rings. The molecule has 3 rings (SSSR count). The van der Waals surface area contributed by atoms with Gasteiger partial charge in [0.25, 0.3) is 0 Å². The van der Waals surface area contributed by atoms with Gasteiger partial charge in [0, 0.05) is 44.4 Å². The van der Waals surface area contributed by atoms with E-state index in [-0.39, 0.29) is 6.10 Å². The molecular formula is C19H29N5O2. The number of nitrogens with zero attached hydrogens (tertiary/aromatic N) is 4. The number of furan rings is 1. The first-order valence-electron chi connectivity index (χ1n) is 9.34. The number of aryl methyl sites for hydroxylation is 1. The minimum absolute atomic E-state index is 0.0199. The minimum Gasteiger partial charge on any atom is -0.469 e. The topological polar surface area (TPSA) is 67.8 Å². The maximum absolute atomic E-state index is 5.96. The van der Waals surface area contributed by atoms with Crippen molar-refractivity contribution in [2.24, 2.45) is 12.0 Å². The summed E-state index contributed by atoms with van der Waals surface area (Å²) in [6.07, 6.45) is 7.47. The van der Waals surface area contributed by atoms with Crippen molar-refractivity contribution in [2.45, 2.75) is 38.8 Å². The maximum atomic E-state index is 5.96. The molecule has 7 heteroatoms. The van der Waals surface area contributed by atoms with Gasteiger partial charge >= 0.3 is 0 Å². The van der Waals surface area contributed by atoms with Crippen LogP contribution in [0.15, 0.2) is 40.2 Å². The number of nitrogens with one attached hydrogen (secondary N) is 1. The van der Waals surface area contributed by atoms with Crippen molar-refractivity contribution < 1.29 is 9.15 Å². The number of ether oxygens (including phenoxy) is 1. The van der Waals surface area contributed by atoms with Gasteiger partial charge in [0.15, 0.2) is 5.96 Å². The molecule has 0 spiro atoms. The molecule has 1 fully saturated rings. The molecule has 0 amide bonds. The van der Waals surface area contributed by atoms with Gasteiger partial charge in [0.05, 0.1) is 25.6 Å². The molecule has 142 valence electrons. The Balaban J connectivity index is 1.67. The summed E-state index contributed by atoms with van der Waals surface area (Å²) in [5.41, 5.74) is 1.11. The van der Waals surface area contributed by atoms with E-state index in [1.165, 1.54) is 0 Å². The van der Waals surface area contributed by atoms with E-state index < -0.39 is 0 Å². The van der Waals surface area contributed by atoms with Gasteiger partial charge in [-0.3, -0.25) is 9.67 Å². The average Bonchev–Trinajstić information content (AvgIpc) is 3.32. The highest BCUT2D eigenvalue weighted by atomic mass is 16.5. The summed E-state index contributed by atoms with van der Waals surface area (Å²) in [6.45, 7) is 7.34. The second-order valence-corrected chi connectivity index (χ2v) is 6.74. The standard InChI is InChI=1S/C19H29N5O2/c1-4-15(2)22-19(20-8-7-17-6-5-10-25-17)24-9-11-26-18(14-24)16-12-21-23(3)13-16/h5-6,10,12-13,15,18H,4,7-9,11,14H2,1-3H3,(H,20,22). The van der Waals surface area contributed by atoms with E-state index >= 15 is 0 Å². The molecule has 1 saturated heterocycles. The van der Waals surface area contributed by atoms with Crippen LogP contribution < -0.4 is 5.32 Å². The second-order valence-electron chi connectivity index (χ2n) is 6.74. The van der Waals surface area contributed by atoms with Gasteiger partial charge < -0.3 is 19.4 Å². The molecule has 1 N–H and O–H groups in total. The molecule has 2 aromatic heterocycles. The van der Waals surface area contributed by atoms with E-state index in [1.54, 1.807) is 6.26 Å². The Bertz CT molecular complexity index is 695. The summed E-state index contributed by atoms with van der Waals surface area (Å²) in [5, 5.41) is 7.83. The summed E-state index contributed by atoms with van der Waals surface area (Å²) in [7, 11) is 1.93. The Morgan fingerprint density at radius 2 is 2.38 bits per heavy atom. The lowest BCUT2D eigenvalue weighted by Crippen LogP contribution is -2.50. The number of aromatic nitrogens is 2. The van der Waals surface area contributed by atoms with Crippen molar-refractivity contribution in [1.29, 1.82) is 0 Å². The number of hydrogen-bond donors (Lipinski definition) is 1. The molecule has 0 bridgehead atoms. The highest BCUT2D eigenvalue weighted by Crippen LogP contribution is 2.21. The summed E-state index contributed by atoms with van der Waals surface area (Å²) in [4.78, 5) is 7.13. The van der Waals surface area contributed by atoms with Gasteiger partial charge in [-0.15, -0.1) is 0 Å². The number of rotatable bonds is 6. The Hall–Kier alpha value is -2.28. The van der Waals surface area contributed by atoms with Crippen LogP contribution in [0.5, 0.6) is 0 Å². The van der Waals surface area contributed by atoms with E-state index in [9.17, 15) is 0 Å². The lowest BCUT2D eigenvalue weighted by molar-refractivity contribution is -0.00824. The highest BCUT2D eigenvalue weighted by Gasteiger charge is 2.25. The number of morpholine rings is 1. The fraction of sp³-hybridized carbons (Fsp3) is 0.579. The third-order valence-electron chi connectivity index (χ3n) is 4.65. The second kappa shape index (κ2) is 8.89. The van der Waals surface area contributed by atoms with Crippen molar-refractivity contribution in [3.63, 3.8) is 0 Å². The van der Waals surface area contributed by atoms with Gasteiger partial charge in [0.2, 0.25) is 0 Å². The number of aliphatic imine (C=N–C) groups is 1. The smallest absolute Gasteiger partial charge is 0.194 e. The van der Waals surface area contributed by atoms with Crippen LogP contribution in [-0.2, 0) is 18.2 Å². The fourth-order valence-electron chi connectivity index (χ4n) is 2.94. The lowest BCUT2D eigenvalue weighted by atomic mass is 10.1. The SMILES string of the molecule is CCC(C)NC(=NCCc1ccco1)N1CCOC(c2cnn(C)c2)C1. The summed E-state index contributed by atoms with van der Waals surface area (Å²) < 4.78 is 13.2. The van der Waals surface area contributed by atoms with E-state index in [0.717, 1.165) is 43.2 Å². The molecule has 2 aromatic rings. The molecule has 26 heavy (non-hydrogen) atoms. The fourth-order valence-corrected chi connectivity index (χ4v) is 2.94. The number of hydrogen-bond acceptors (Lipinski definition) is 4. The van der Waals surface area contributed by atoms with Crippen LogP contribution >= 0.6 is 0 Å². The van der Waals surface area contributed by atoms with Crippen molar-refractivity contribution >= 4 is 5.96 Å². The van der Waals surface area contributed by atoms with Gasteiger partial charge in [0.1, 0.15) is 11.9 Å². The molecule has 3 heterocycles. The Labute approximate surface area is 155 Å². The zero-order valence-electron chi connectivity index (χ0n) is 15.9. The van der Waals surface area contributed by atoms with E-state index in [2.05, 4.69) is 29.2 Å². The summed E-state index contributed by atoms with van der Waals surface area (Å²) in [5.74, 6) is 1.91. The largest absolute Gasteiger partial charge is 0.469 e. The molecule has 1 aliphatic heterocycles. The Morgan fingerprint density at radius 3 is 3.08 bits per heavy atom. The predicted molar refractivity (Wildman–Crippen MR) is 101 cm³/mol. The molecule has 7 nitrogen and oxygen atoms in total. The summed E-state index contributed by atoms with van der Waals surface area (Å²) >= 11 is 0. The van der Waals surface area contributed by atoms with E-state index in [1.807, 2.05) is 36.3 Å². The minimum atomic E-state index is 0.0199. The molecule has 0 aliphatic carbocycles. The molecule has 2 unspecified atom stereocenters. The average molecular weight is 359 g/mol. The molecule has 0 saturated carbocycles. The van der Waals surface area contributed by atoms with Crippen molar-refractivity contribution in [1.82, 2.24) is 20.0 Å². The monoisotopic (exact) mass is 359 g/mol. The zero-order chi connectivity index (χ0) is 18.4. The molecule has 2 atom stereocenters. The quantitative estimate of drug-likeness (QED) is 0.633. The first-order valence-corrected chi connectivity index (χ1v) is 9.34. The summed E-state index contributed by atoms with van der Waals surface area (Å²) in [6, 6.07) is 4.28. The van der Waals surface area contributed by atoms with Crippen LogP contribution in [0.25, 0.3) is 0 Å². The Morgan fingerprint density at radius 1 is 1.50 bits per heavy atom. The van der Waals surface area contributed by atoms with Crippen LogP contribution in [0.4, 0.5) is 0 Å². The van der Waals surface area contributed by atoms with E-state index in [0.29, 0.717) is 19.2 Å². The van der Waals surface area contributed by atoms with Gasteiger partial charge in [-0.2, -0.15) is 5.10 Å². The van der Waals surface area contributed by atoms with Crippen LogP contribution in [0.1, 0.15) is 37.7 Å². The van der Waals surface area contributed by atoms with Gasteiger partial charge in [-0.1, -0.05) is 6.92 Å². The highest BCUT2D eigenvalue weighted by molar-refractivity contribution is 5.80. The van der Waals surface area contributed by atoms with Gasteiger partial charge in [-0.05, 0) is 25.5 Å². The van der Waals surface area contributed by atoms with Crippen molar-refractivity contribution in [3.05, 3.63) is 42.1 Å². The Kier molecular flexibility index (Phi) is 6.33. The van der Waals surface area contributed by atoms with Crippen LogP contribution in [0, 0.1) is 0 Å². The molecule has 0 radical (unpaired) electrons. The zero-order valence-corrected chi connectivity index (χ0v) is 15.9. The first kappa shape index (κ1) is 18.5. The third-order valence-corrected chi connectivity index (χ3v) is 4.65. The normalized spacial score (nSPS) is 19.6. The first-order chi connectivity index (χ1) is 12.7. The van der Waals surface area contributed by atoms with E-state index in [4.69, 9.17) is 14.1 Å². The van der Waals surface area contributed by atoms with Crippen molar-refractivity contribution in [2.75, 3.05) is 26.2 Å². The van der Waals surface area contributed by atoms with Gasteiger partial charge in [-0.25, -0.2) is 0 Å². The molecular weight excluding hydrogens is 330 g/mol. The predicted octanol–water partition coefficient (Wildman–Crippen LogP) is 2.37. The third kappa shape index (κ3) is 4.88. The van der Waals surface area contributed by atoms with Crippen LogP contribution in [0.3, 0.4) is 0 Å². The lowest BCUT2D eigenvalue weighted by Gasteiger charge is -2.35.